The van der Waals surface area contributed by atoms with Crippen LogP contribution in [0.15, 0.2) is 42.0 Å². The van der Waals surface area contributed by atoms with E-state index in [1.54, 1.807) is 6.92 Å². The van der Waals surface area contributed by atoms with E-state index in [1.165, 1.54) is 5.56 Å². The highest BCUT2D eigenvalue weighted by Crippen LogP contribution is 2.34. The van der Waals surface area contributed by atoms with Gasteiger partial charge in [-0.15, -0.1) is 0 Å². The highest BCUT2D eigenvalue weighted by molar-refractivity contribution is 6.04. The number of benzene rings is 1. The Balaban J connectivity index is 1.65. The smallest absolute Gasteiger partial charge is 0.190 e. The predicted molar refractivity (Wildman–Crippen MR) is 89.2 cm³/mol. The van der Waals surface area contributed by atoms with Crippen molar-refractivity contribution in [3.63, 3.8) is 0 Å². The Kier molecular flexibility index (Phi) is 4.95. The first-order valence-electron chi connectivity index (χ1n) is 8.39. The Bertz CT molecular complexity index is 574. The van der Waals surface area contributed by atoms with Gasteiger partial charge < -0.3 is 9.84 Å². The van der Waals surface area contributed by atoms with E-state index in [-0.39, 0.29) is 11.7 Å². The zero-order chi connectivity index (χ0) is 16.3. The molecular formula is C19H25NO3. The number of aryl methyl sites for hydroxylation is 1. The molecule has 1 heterocycles. The average Bonchev–Trinajstić information content (AvgIpc) is 2.78. The van der Waals surface area contributed by atoms with E-state index in [0.29, 0.717) is 6.42 Å². The van der Waals surface area contributed by atoms with Gasteiger partial charge in [0, 0.05) is 25.6 Å². The molecule has 1 aromatic rings. The van der Waals surface area contributed by atoms with Crippen LogP contribution < -0.4 is 0 Å². The number of morpholine rings is 1. The molecule has 1 aliphatic heterocycles. The molecule has 1 N–H and O–H groups in total. The topological polar surface area (TPSA) is 49.8 Å². The van der Waals surface area contributed by atoms with Gasteiger partial charge >= 0.3 is 0 Å². The number of rotatable bonds is 5. The highest BCUT2D eigenvalue weighted by atomic mass is 16.5. The second kappa shape index (κ2) is 6.95. The molecular weight excluding hydrogens is 290 g/mol. The van der Waals surface area contributed by atoms with Gasteiger partial charge in [-0.2, -0.15) is 0 Å². The lowest BCUT2D eigenvalue weighted by Crippen LogP contribution is -2.46. The number of nitrogens with zero attached hydrogens (tertiary/aromatic N) is 1. The maximum Gasteiger partial charge on any atom is 0.190 e. The van der Waals surface area contributed by atoms with Crippen LogP contribution in [0.5, 0.6) is 0 Å². The molecule has 0 radical (unpaired) electrons. The van der Waals surface area contributed by atoms with Crippen LogP contribution >= 0.6 is 0 Å². The molecule has 1 aliphatic carbocycles. The maximum atomic E-state index is 12.5. The van der Waals surface area contributed by atoms with Crippen molar-refractivity contribution in [2.75, 3.05) is 32.8 Å². The van der Waals surface area contributed by atoms with Crippen molar-refractivity contribution >= 4 is 5.78 Å². The molecule has 2 aliphatic rings. The van der Waals surface area contributed by atoms with Crippen molar-refractivity contribution in [1.82, 2.24) is 4.90 Å². The fourth-order valence-corrected chi connectivity index (χ4v) is 3.39. The summed E-state index contributed by atoms with van der Waals surface area (Å²) in [5, 5.41) is 10.7. The van der Waals surface area contributed by atoms with Crippen LogP contribution in [0, 0.1) is 5.92 Å². The minimum absolute atomic E-state index is 0.105. The number of Topliss-reactive ketones (excluding diaryl/α,β-unsaturated/α-hetero) is 1. The van der Waals surface area contributed by atoms with Crippen LogP contribution in [-0.2, 0) is 16.0 Å². The summed E-state index contributed by atoms with van der Waals surface area (Å²) in [6.07, 6.45) is 3.53. The van der Waals surface area contributed by atoms with Crippen LogP contribution in [0.3, 0.4) is 0 Å². The van der Waals surface area contributed by atoms with Gasteiger partial charge in [0.1, 0.15) is 5.60 Å². The maximum absolute atomic E-state index is 12.5. The Morgan fingerprint density at radius 3 is 2.61 bits per heavy atom. The Labute approximate surface area is 137 Å². The highest BCUT2D eigenvalue weighted by Gasteiger charge is 2.45. The fourth-order valence-electron chi connectivity index (χ4n) is 3.39. The van der Waals surface area contributed by atoms with Gasteiger partial charge in [0.15, 0.2) is 5.78 Å². The first-order valence-corrected chi connectivity index (χ1v) is 8.39. The Morgan fingerprint density at radius 2 is 1.91 bits per heavy atom. The zero-order valence-corrected chi connectivity index (χ0v) is 13.7. The van der Waals surface area contributed by atoms with Gasteiger partial charge in [-0.05, 0) is 30.9 Å². The molecule has 0 aromatic heterocycles. The van der Waals surface area contributed by atoms with Gasteiger partial charge in [-0.1, -0.05) is 36.4 Å². The molecule has 1 saturated heterocycles. The summed E-state index contributed by atoms with van der Waals surface area (Å²) in [5.41, 5.74) is 0.721. The quantitative estimate of drug-likeness (QED) is 0.900. The van der Waals surface area contributed by atoms with E-state index in [4.69, 9.17) is 4.74 Å². The molecule has 4 heteroatoms. The third-order valence-electron chi connectivity index (χ3n) is 4.96. The van der Waals surface area contributed by atoms with E-state index < -0.39 is 5.60 Å². The molecule has 23 heavy (non-hydrogen) atoms. The average molecular weight is 315 g/mol. The van der Waals surface area contributed by atoms with Crippen molar-refractivity contribution in [3.05, 3.63) is 47.5 Å². The summed E-state index contributed by atoms with van der Waals surface area (Å²) in [6.45, 7) is 5.58. The van der Waals surface area contributed by atoms with E-state index in [9.17, 15) is 9.90 Å². The number of hydrogen-bond acceptors (Lipinski definition) is 4. The van der Waals surface area contributed by atoms with Crippen LogP contribution in [0.1, 0.15) is 18.9 Å². The van der Waals surface area contributed by atoms with E-state index in [0.717, 1.165) is 44.8 Å². The number of carbonyl (C=O) groups excluding carboxylic acids is 1. The van der Waals surface area contributed by atoms with Gasteiger partial charge in [-0.25, -0.2) is 0 Å². The molecule has 0 bridgehead atoms. The van der Waals surface area contributed by atoms with Gasteiger partial charge in [-0.3, -0.25) is 9.69 Å². The lowest BCUT2D eigenvalue weighted by atomic mass is 9.90. The molecule has 0 spiro atoms. The summed E-state index contributed by atoms with van der Waals surface area (Å²) in [4.78, 5) is 14.8. The van der Waals surface area contributed by atoms with Crippen molar-refractivity contribution in [2.24, 2.45) is 5.92 Å². The summed E-state index contributed by atoms with van der Waals surface area (Å²) < 4.78 is 5.36. The minimum atomic E-state index is -1.27. The van der Waals surface area contributed by atoms with E-state index >= 15 is 0 Å². The monoisotopic (exact) mass is 315 g/mol. The van der Waals surface area contributed by atoms with Crippen LogP contribution in [0.2, 0.25) is 0 Å². The summed E-state index contributed by atoms with van der Waals surface area (Å²) in [6, 6.07) is 10.2. The van der Waals surface area contributed by atoms with Crippen molar-refractivity contribution in [3.8, 4) is 0 Å². The van der Waals surface area contributed by atoms with Crippen molar-refractivity contribution < 1.29 is 14.6 Å². The number of aliphatic hydroxyl groups is 1. The number of carbonyl (C=O) groups is 1. The standard InChI is InChI=1S/C19H25NO3/c1-19(22)17(14-20-9-11-23-12-10-20)13-16(18(19)21)8-7-15-5-3-2-4-6-15/h2-6,13,17,22H,7-12,14H2,1H3/t17-,19-/m0/s1. The summed E-state index contributed by atoms with van der Waals surface area (Å²) in [5.74, 6) is -0.231. The third kappa shape index (κ3) is 3.71. The molecule has 0 saturated carbocycles. The van der Waals surface area contributed by atoms with Gasteiger partial charge in [0.2, 0.25) is 0 Å². The number of hydrogen-bond donors (Lipinski definition) is 1. The molecule has 3 rings (SSSR count). The Morgan fingerprint density at radius 1 is 1.22 bits per heavy atom. The SMILES string of the molecule is C[C@@]1(O)C(=O)C(CCc2ccccc2)=C[C@H]1CN1CCOCC1. The largest absolute Gasteiger partial charge is 0.381 e. The van der Waals surface area contributed by atoms with Crippen LogP contribution in [0.25, 0.3) is 0 Å². The minimum Gasteiger partial charge on any atom is -0.381 e. The molecule has 1 fully saturated rings. The van der Waals surface area contributed by atoms with Gasteiger partial charge in [0.25, 0.3) is 0 Å². The molecule has 0 unspecified atom stereocenters. The molecule has 2 atom stereocenters. The molecule has 4 nitrogen and oxygen atoms in total. The van der Waals surface area contributed by atoms with Crippen molar-refractivity contribution in [1.29, 1.82) is 0 Å². The zero-order valence-electron chi connectivity index (χ0n) is 13.7. The summed E-state index contributed by atoms with van der Waals surface area (Å²) in [7, 11) is 0. The Hall–Kier alpha value is -1.49. The lowest BCUT2D eigenvalue weighted by Gasteiger charge is -2.32. The molecule has 0 amide bonds. The van der Waals surface area contributed by atoms with Crippen LogP contribution in [-0.4, -0.2) is 54.2 Å². The van der Waals surface area contributed by atoms with E-state index in [1.807, 2.05) is 24.3 Å². The molecule has 124 valence electrons. The first-order chi connectivity index (χ1) is 11.1. The molecule has 1 aromatic carbocycles. The number of ketones is 1. The second-order valence-corrected chi connectivity index (χ2v) is 6.67. The van der Waals surface area contributed by atoms with Crippen LogP contribution in [0.4, 0.5) is 0 Å². The fraction of sp³-hybridized carbons (Fsp3) is 0.526. The lowest BCUT2D eigenvalue weighted by molar-refractivity contribution is -0.134. The third-order valence-corrected chi connectivity index (χ3v) is 4.96. The normalized spacial score (nSPS) is 28.9. The predicted octanol–water partition coefficient (Wildman–Crippen LogP) is 1.83. The number of ether oxygens (including phenoxy) is 1. The first kappa shape index (κ1) is 16.4. The summed E-state index contributed by atoms with van der Waals surface area (Å²) >= 11 is 0. The van der Waals surface area contributed by atoms with Gasteiger partial charge in [0.05, 0.1) is 13.2 Å². The second-order valence-electron chi connectivity index (χ2n) is 6.67. The van der Waals surface area contributed by atoms with Crippen molar-refractivity contribution in [2.45, 2.75) is 25.4 Å². The van der Waals surface area contributed by atoms with E-state index in [2.05, 4.69) is 17.0 Å².